The second-order valence-electron chi connectivity index (χ2n) is 3.63. The number of pyridine rings is 2. The molecule has 0 fully saturated rings. The highest BCUT2D eigenvalue weighted by Crippen LogP contribution is 2.27. The molecule has 0 saturated carbocycles. The lowest BCUT2D eigenvalue weighted by molar-refractivity contribution is 0.169. The first kappa shape index (κ1) is 12.1. The first-order chi connectivity index (χ1) is 8.29. The molecule has 0 saturated heterocycles. The van der Waals surface area contributed by atoms with Crippen LogP contribution in [0.5, 0.6) is 0 Å². The predicted octanol–water partition coefficient (Wildman–Crippen LogP) is 3.07. The normalized spacial score (nSPS) is 12.4. The smallest absolute Gasteiger partial charge is 0.0957 e. The molecule has 0 spiro atoms. The summed E-state index contributed by atoms with van der Waals surface area (Å²) in [6.45, 7) is 1.94. The van der Waals surface area contributed by atoms with Crippen molar-refractivity contribution in [2.75, 3.05) is 0 Å². The number of aromatic nitrogens is 2. The zero-order chi connectivity index (χ0) is 12.1. The zero-order valence-electron chi connectivity index (χ0n) is 9.58. The van der Waals surface area contributed by atoms with Crippen LogP contribution in [0.25, 0.3) is 0 Å². The molecule has 0 amide bonds. The van der Waals surface area contributed by atoms with Crippen LogP contribution in [0.4, 0.5) is 0 Å². The van der Waals surface area contributed by atoms with E-state index in [1.165, 1.54) is 0 Å². The van der Waals surface area contributed by atoms with E-state index in [2.05, 4.69) is 9.97 Å². The van der Waals surface area contributed by atoms with Gasteiger partial charge in [0.2, 0.25) is 0 Å². The van der Waals surface area contributed by atoms with Crippen molar-refractivity contribution >= 4 is 11.8 Å². The van der Waals surface area contributed by atoms with Crippen LogP contribution in [-0.4, -0.2) is 15.1 Å². The maximum atomic E-state index is 9.63. The molecule has 0 bridgehead atoms. The van der Waals surface area contributed by atoms with Crippen molar-refractivity contribution in [1.82, 2.24) is 9.97 Å². The molecular formula is C13H14N2OS. The first-order valence-electron chi connectivity index (χ1n) is 5.51. The van der Waals surface area contributed by atoms with Crippen LogP contribution < -0.4 is 0 Å². The van der Waals surface area contributed by atoms with E-state index in [4.69, 9.17) is 0 Å². The van der Waals surface area contributed by atoms with E-state index in [9.17, 15) is 5.11 Å². The molecule has 0 aliphatic rings. The monoisotopic (exact) mass is 246 g/mol. The Morgan fingerprint density at radius 3 is 2.53 bits per heavy atom. The highest BCUT2D eigenvalue weighted by Gasteiger charge is 2.06. The Balaban J connectivity index is 2.08. The van der Waals surface area contributed by atoms with Gasteiger partial charge in [-0.2, -0.15) is 0 Å². The minimum atomic E-state index is -0.463. The summed E-state index contributed by atoms with van der Waals surface area (Å²) in [6, 6.07) is 7.77. The molecule has 1 N–H and O–H groups in total. The van der Waals surface area contributed by atoms with Gasteiger partial charge in [0.25, 0.3) is 0 Å². The molecule has 0 aliphatic carbocycles. The van der Waals surface area contributed by atoms with E-state index in [1.807, 2.05) is 31.2 Å². The van der Waals surface area contributed by atoms with Gasteiger partial charge < -0.3 is 5.11 Å². The lowest BCUT2D eigenvalue weighted by Gasteiger charge is -2.07. The highest BCUT2D eigenvalue weighted by atomic mass is 32.2. The molecule has 4 heteroatoms. The largest absolute Gasteiger partial charge is 0.387 e. The number of rotatable bonds is 4. The van der Waals surface area contributed by atoms with E-state index in [1.54, 1.807) is 30.4 Å². The first-order valence-corrected chi connectivity index (χ1v) is 6.33. The average Bonchev–Trinajstić information content (AvgIpc) is 2.40. The molecule has 0 radical (unpaired) electrons. The van der Waals surface area contributed by atoms with Gasteiger partial charge in [-0.1, -0.05) is 18.7 Å². The summed E-state index contributed by atoms with van der Waals surface area (Å²) >= 11 is 1.63. The molecule has 88 valence electrons. The molecule has 2 aromatic heterocycles. The Hall–Kier alpha value is -1.39. The second kappa shape index (κ2) is 5.80. The number of hydrogen-bond donors (Lipinski definition) is 1. The van der Waals surface area contributed by atoms with Crippen molar-refractivity contribution in [1.29, 1.82) is 0 Å². The van der Waals surface area contributed by atoms with Gasteiger partial charge in [-0.15, -0.1) is 0 Å². The molecular weight excluding hydrogens is 232 g/mol. The molecule has 0 aromatic carbocycles. The fourth-order valence-electron chi connectivity index (χ4n) is 1.40. The summed E-state index contributed by atoms with van der Waals surface area (Å²) in [4.78, 5) is 10.4. The molecule has 0 unspecified atom stereocenters. The number of hydrogen-bond acceptors (Lipinski definition) is 4. The van der Waals surface area contributed by atoms with Crippen molar-refractivity contribution in [2.45, 2.75) is 29.2 Å². The van der Waals surface area contributed by atoms with Gasteiger partial charge in [0.15, 0.2) is 0 Å². The maximum absolute atomic E-state index is 9.63. The minimum absolute atomic E-state index is 0.463. The number of aliphatic hydroxyl groups is 1. The predicted molar refractivity (Wildman–Crippen MR) is 67.8 cm³/mol. The SMILES string of the molecule is CC[C@@H](O)c1ccc(Sc2ccncc2)cn1. The van der Waals surface area contributed by atoms with Crippen molar-refractivity contribution in [2.24, 2.45) is 0 Å². The molecule has 0 aliphatic heterocycles. The van der Waals surface area contributed by atoms with E-state index >= 15 is 0 Å². The zero-order valence-corrected chi connectivity index (χ0v) is 10.4. The maximum Gasteiger partial charge on any atom is 0.0957 e. The molecule has 2 aromatic rings. The average molecular weight is 246 g/mol. The summed E-state index contributed by atoms with van der Waals surface area (Å²) in [5.74, 6) is 0. The van der Waals surface area contributed by atoms with Gasteiger partial charge >= 0.3 is 0 Å². The van der Waals surface area contributed by atoms with Crippen LogP contribution >= 0.6 is 11.8 Å². The van der Waals surface area contributed by atoms with Gasteiger partial charge in [0.1, 0.15) is 0 Å². The third-order valence-corrected chi connectivity index (χ3v) is 3.36. The number of nitrogens with zero attached hydrogens (tertiary/aromatic N) is 2. The molecule has 17 heavy (non-hydrogen) atoms. The third kappa shape index (κ3) is 3.28. The quantitative estimate of drug-likeness (QED) is 0.900. The third-order valence-electron chi connectivity index (χ3n) is 2.37. The van der Waals surface area contributed by atoms with E-state index in [0.29, 0.717) is 6.42 Å². The standard InChI is InChI=1S/C13H14N2OS/c1-2-13(16)12-4-3-11(9-15-12)17-10-5-7-14-8-6-10/h3-9,13,16H,2H2,1H3/t13-/m1/s1. The van der Waals surface area contributed by atoms with E-state index < -0.39 is 6.10 Å². The van der Waals surface area contributed by atoms with Crippen molar-refractivity contribution in [3.63, 3.8) is 0 Å². The van der Waals surface area contributed by atoms with E-state index in [-0.39, 0.29) is 0 Å². The van der Waals surface area contributed by atoms with Crippen LogP contribution in [0.15, 0.2) is 52.6 Å². The second-order valence-corrected chi connectivity index (χ2v) is 4.77. The molecule has 1 atom stereocenters. The topological polar surface area (TPSA) is 46.0 Å². The van der Waals surface area contributed by atoms with E-state index in [0.717, 1.165) is 15.5 Å². The summed E-state index contributed by atoms with van der Waals surface area (Å²) < 4.78 is 0. The van der Waals surface area contributed by atoms with Crippen molar-refractivity contribution < 1.29 is 5.11 Å². The summed E-state index contributed by atoms with van der Waals surface area (Å²) in [5, 5.41) is 9.63. The van der Waals surface area contributed by atoms with Gasteiger partial charge in [0.05, 0.1) is 11.8 Å². The van der Waals surface area contributed by atoms with Crippen molar-refractivity contribution in [3.8, 4) is 0 Å². The van der Waals surface area contributed by atoms with Crippen molar-refractivity contribution in [3.05, 3.63) is 48.5 Å². The van der Waals surface area contributed by atoms with Gasteiger partial charge in [-0.05, 0) is 30.7 Å². The van der Waals surface area contributed by atoms with Crippen LogP contribution in [0.1, 0.15) is 25.1 Å². The fourth-order valence-corrected chi connectivity index (χ4v) is 2.17. The Kier molecular flexibility index (Phi) is 4.12. The van der Waals surface area contributed by atoms with Crippen LogP contribution in [0, 0.1) is 0 Å². The summed E-state index contributed by atoms with van der Waals surface area (Å²) in [5.41, 5.74) is 0.728. The number of aliphatic hydroxyl groups excluding tert-OH is 1. The fraction of sp³-hybridized carbons (Fsp3) is 0.231. The van der Waals surface area contributed by atoms with Gasteiger partial charge in [-0.25, -0.2) is 0 Å². The Morgan fingerprint density at radius 1 is 1.18 bits per heavy atom. The lowest BCUT2D eigenvalue weighted by atomic mass is 10.2. The lowest BCUT2D eigenvalue weighted by Crippen LogP contribution is -1.97. The van der Waals surface area contributed by atoms with Crippen LogP contribution in [-0.2, 0) is 0 Å². The van der Waals surface area contributed by atoms with Gasteiger partial charge in [-0.3, -0.25) is 9.97 Å². The molecule has 2 rings (SSSR count). The summed E-state index contributed by atoms with van der Waals surface area (Å²) in [6.07, 6.45) is 5.55. The van der Waals surface area contributed by atoms with Crippen LogP contribution in [0.2, 0.25) is 0 Å². The Morgan fingerprint density at radius 2 is 1.94 bits per heavy atom. The Labute approximate surface area is 105 Å². The minimum Gasteiger partial charge on any atom is -0.387 e. The Bertz CT molecular complexity index is 459. The van der Waals surface area contributed by atoms with Gasteiger partial charge in [0, 0.05) is 28.4 Å². The van der Waals surface area contributed by atoms with Crippen LogP contribution in [0.3, 0.4) is 0 Å². The molecule has 2 heterocycles. The summed E-state index contributed by atoms with van der Waals surface area (Å²) in [7, 11) is 0. The molecule has 3 nitrogen and oxygen atoms in total. The highest BCUT2D eigenvalue weighted by molar-refractivity contribution is 7.99.